The van der Waals surface area contributed by atoms with Crippen LogP contribution in [0.2, 0.25) is 4.34 Å². The number of nitrogens with zero attached hydrogens (tertiary/aromatic N) is 1. The smallest absolute Gasteiger partial charge is 0.418 e. The van der Waals surface area contributed by atoms with Gasteiger partial charge in [0.15, 0.2) is 0 Å². The summed E-state index contributed by atoms with van der Waals surface area (Å²) in [6.07, 6.45) is -6.44. The minimum Gasteiger partial charge on any atom is -0.447 e. The van der Waals surface area contributed by atoms with Gasteiger partial charge in [-0.2, -0.15) is 13.2 Å². The first kappa shape index (κ1) is 29.2. The third kappa shape index (κ3) is 7.82. The SMILES string of the molecule is CC(C)OC(=O)N[C@@H](CNC(=O)c1ccc(Cl)s1)C(=O)Nc1ccc(N2CCOCC2=O)cc1C(F)(F)F. The summed E-state index contributed by atoms with van der Waals surface area (Å²) < 4.78 is 52.0. The Morgan fingerprint density at radius 1 is 1.21 bits per heavy atom. The zero-order chi connectivity index (χ0) is 28.0. The Balaban J connectivity index is 1.82. The standard InChI is InChI=1S/C23H24ClF3N4O6S/c1-12(2)37-22(35)30-16(10-28-21(34)17-5-6-18(24)38-17)20(33)29-15-4-3-13(9-14(15)23(25,26)27)31-7-8-36-11-19(31)32/h3-6,9,12,16H,7-8,10-11H2,1-2H3,(H,28,34)(H,29,33)(H,30,35)/t16-/m0/s1. The van der Waals surface area contributed by atoms with Crippen LogP contribution in [-0.2, 0) is 25.2 Å². The van der Waals surface area contributed by atoms with Crippen LogP contribution in [0.1, 0.15) is 29.1 Å². The van der Waals surface area contributed by atoms with Crippen LogP contribution >= 0.6 is 22.9 Å². The molecule has 0 aliphatic carbocycles. The lowest BCUT2D eigenvalue weighted by molar-refractivity contribution is -0.137. The molecule has 0 unspecified atom stereocenters. The van der Waals surface area contributed by atoms with Crippen LogP contribution < -0.4 is 20.9 Å². The predicted octanol–water partition coefficient (Wildman–Crippen LogP) is 3.66. The van der Waals surface area contributed by atoms with E-state index in [1.807, 2.05) is 0 Å². The quantitative estimate of drug-likeness (QED) is 0.440. The monoisotopic (exact) mass is 576 g/mol. The average molecular weight is 577 g/mol. The Hall–Kier alpha value is -3.36. The van der Waals surface area contributed by atoms with Crippen molar-refractivity contribution in [3.8, 4) is 0 Å². The Kier molecular flexibility index (Phi) is 9.57. The molecule has 2 heterocycles. The number of nitrogens with one attached hydrogen (secondary N) is 3. The number of hydrogen-bond acceptors (Lipinski definition) is 7. The highest BCUT2D eigenvalue weighted by molar-refractivity contribution is 7.18. The van der Waals surface area contributed by atoms with Gasteiger partial charge < -0.3 is 30.3 Å². The number of carbonyl (C=O) groups excluding carboxylic acids is 4. The van der Waals surface area contributed by atoms with E-state index < -0.39 is 59.9 Å². The molecule has 4 amide bonds. The highest BCUT2D eigenvalue weighted by Crippen LogP contribution is 2.37. The Labute approximate surface area is 224 Å². The average Bonchev–Trinajstić information content (AvgIpc) is 3.27. The van der Waals surface area contributed by atoms with E-state index in [2.05, 4.69) is 16.0 Å². The minimum absolute atomic E-state index is 0.0133. The number of alkyl carbamates (subject to hydrolysis) is 1. The maximum absolute atomic E-state index is 13.9. The fraction of sp³-hybridized carbons (Fsp3) is 0.391. The normalized spacial score (nSPS) is 14.7. The number of halogens is 4. The summed E-state index contributed by atoms with van der Waals surface area (Å²) in [5.74, 6) is -2.15. The van der Waals surface area contributed by atoms with Gasteiger partial charge in [-0.05, 0) is 44.2 Å². The highest BCUT2D eigenvalue weighted by Gasteiger charge is 2.36. The molecule has 206 valence electrons. The molecule has 2 aromatic rings. The van der Waals surface area contributed by atoms with Gasteiger partial charge in [0.25, 0.3) is 11.8 Å². The minimum atomic E-state index is -4.89. The summed E-state index contributed by atoms with van der Waals surface area (Å²) in [4.78, 5) is 51.0. The second-order valence-corrected chi connectivity index (χ2v) is 9.99. The zero-order valence-electron chi connectivity index (χ0n) is 20.2. The molecule has 0 saturated carbocycles. The topological polar surface area (TPSA) is 126 Å². The maximum atomic E-state index is 13.9. The summed E-state index contributed by atoms with van der Waals surface area (Å²) in [6.45, 7) is 2.63. The zero-order valence-corrected chi connectivity index (χ0v) is 21.8. The molecule has 3 N–H and O–H groups in total. The lowest BCUT2D eigenvalue weighted by Gasteiger charge is -2.28. The van der Waals surface area contributed by atoms with Gasteiger partial charge >= 0.3 is 12.3 Å². The number of anilines is 2. The molecular formula is C23H24ClF3N4O6S. The third-order valence-electron chi connectivity index (χ3n) is 5.08. The van der Waals surface area contributed by atoms with Crippen LogP contribution in [-0.4, -0.2) is 62.3 Å². The van der Waals surface area contributed by atoms with Crippen LogP contribution in [0.4, 0.5) is 29.3 Å². The van der Waals surface area contributed by atoms with Crippen molar-refractivity contribution < 1.29 is 41.8 Å². The van der Waals surface area contributed by atoms with Crippen LogP contribution in [0, 0.1) is 0 Å². The number of thiophene rings is 1. The molecule has 0 radical (unpaired) electrons. The third-order valence-corrected chi connectivity index (χ3v) is 6.31. The lowest BCUT2D eigenvalue weighted by Crippen LogP contribution is -2.51. The predicted molar refractivity (Wildman–Crippen MR) is 133 cm³/mol. The fourth-order valence-corrected chi connectivity index (χ4v) is 4.33. The summed E-state index contributed by atoms with van der Waals surface area (Å²) >= 11 is 6.81. The first-order valence-electron chi connectivity index (χ1n) is 11.3. The largest absolute Gasteiger partial charge is 0.447 e. The Morgan fingerprint density at radius 2 is 1.95 bits per heavy atom. The highest BCUT2D eigenvalue weighted by atomic mass is 35.5. The van der Waals surface area contributed by atoms with Crippen LogP contribution in [0.5, 0.6) is 0 Å². The van der Waals surface area contributed by atoms with E-state index in [0.717, 1.165) is 28.4 Å². The second kappa shape index (κ2) is 12.5. The number of ether oxygens (including phenoxy) is 2. The van der Waals surface area contributed by atoms with Crippen molar-refractivity contribution in [2.24, 2.45) is 0 Å². The number of rotatable bonds is 8. The molecule has 3 rings (SSSR count). The van der Waals surface area contributed by atoms with E-state index in [1.165, 1.54) is 18.2 Å². The Bertz CT molecular complexity index is 1210. The molecule has 1 aliphatic heterocycles. The van der Waals surface area contributed by atoms with Crippen LogP contribution in [0.25, 0.3) is 0 Å². The number of amides is 4. The van der Waals surface area contributed by atoms with Crippen molar-refractivity contribution in [2.75, 3.05) is 36.5 Å². The van der Waals surface area contributed by atoms with Crippen molar-refractivity contribution in [1.29, 1.82) is 0 Å². The molecule has 0 bridgehead atoms. The van der Waals surface area contributed by atoms with Crippen molar-refractivity contribution in [2.45, 2.75) is 32.2 Å². The molecule has 1 atom stereocenters. The van der Waals surface area contributed by atoms with E-state index in [0.29, 0.717) is 4.34 Å². The molecule has 1 saturated heterocycles. The van der Waals surface area contributed by atoms with E-state index in [1.54, 1.807) is 13.8 Å². The summed E-state index contributed by atoms with van der Waals surface area (Å²) in [7, 11) is 0. The second-order valence-electron chi connectivity index (χ2n) is 8.28. The van der Waals surface area contributed by atoms with Gasteiger partial charge in [-0.3, -0.25) is 14.4 Å². The molecule has 0 spiro atoms. The molecule has 1 aliphatic rings. The first-order valence-corrected chi connectivity index (χ1v) is 12.5. The summed E-state index contributed by atoms with van der Waals surface area (Å²) in [5, 5.41) is 6.85. The van der Waals surface area contributed by atoms with Gasteiger partial charge in [-0.15, -0.1) is 11.3 Å². The van der Waals surface area contributed by atoms with Crippen molar-refractivity contribution in [1.82, 2.24) is 10.6 Å². The van der Waals surface area contributed by atoms with Crippen LogP contribution in [0.3, 0.4) is 0 Å². The van der Waals surface area contributed by atoms with Gasteiger partial charge in [-0.25, -0.2) is 4.79 Å². The van der Waals surface area contributed by atoms with Crippen LogP contribution in [0.15, 0.2) is 30.3 Å². The van der Waals surface area contributed by atoms with Crippen molar-refractivity contribution in [3.05, 3.63) is 45.1 Å². The van der Waals surface area contributed by atoms with Gasteiger partial charge in [0, 0.05) is 18.8 Å². The molecular weight excluding hydrogens is 553 g/mol. The lowest BCUT2D eigenvalue weighted by atomic mass is 10.1. The van der Waals surface area contributed by atoms with E-state index in [4.69, 9.17) is 21.1 Å². The number of carbonyl (C=O) groups is 4. The fourth-order valence-electron chi connectivity index (χ4n) is 3.37. The van der Waals surface area contributed by atoms with Gasteiger partial charge in [0.05, 0.1) is 33.2 Å². The number of benzene rings is 1. The molecule has 15 heteroatoms. The maximum Gasteiger partial charge on any atom is 0.418 e. The number of alkyl halides is 3. The van der Waals surface area contributed by atoms with Crippen molar-refractivity contribution in [3.63, 3.8) is 0 Å². The van der Waals surface area contributed by atoms with E-state index >= 15 is 0 Å². The molecule has 38 heavy (non-hydrogen) atoms. The summed E-state index contributed by atoms with van der Waals surface area (Å²) in [5.41, 5.74) is -1.82. The van der Waals surface area contributed by atoms with Gasteiger partial charge in [-0.1, -0.05) is 11.6 Å². The van der Waals surface area contributed by atoms with Gasteiger partial charge in [0.2, 0.25) is 5.91 Å². The molecule has 1 fully saturated rings. The number of morpholine rings is 1. The van der Waals surface area contributed by atoms with Gasteiger partial charge in [0.1, 0.15) is 12.6 Å². The molecule has 10 nitrogen and oxygen atoms in total. The molecule has 1 aromatic carbocycles. The number of hydrogen-bond donors (Lipinski definition) is 3. The first-order chi connectivity index (χ1) is 17.8. The van der Waals surface area contributed by atoms with E-state index in [9.17, 15) is 32.3 Å². The Morgan fingerprint density at radius 3 is 2.55 bits per heavy atom. The summed E-state index contributed by atoms with van der Waals surface area (Å²) in [6, 6.07) is 4.46. The van der Waals surface area contributed by atoms with E-state index in [-0.39, 0.29) is 30.3 Å². The molecule has 1 aromatic heterocycles. The van der Waals surface area contributed by atoms with Crippen molar-refractivity contribution >= 4 is 58.1 Å².